The molecule has 152 valence electrons. The lowest BCUT2D eigenvalue weighted by Crippen LogP contribution is -2.21. The van der Waals surface area contributed by atoms with E-state index in [0.717, 1.165) is 12.1 Å². The van der Waals surface area contributed by atoms with Crippen LogP contribution in [-0.4, -0.2) is 32.7 Å². The van der Waals surface area contributed by atoms with E-state index in [9.17, 15) is 18.3 Å². The van der Waals surface area contributed by atoms with Crippen LogP contribution in [0, 0.1) is 6.92 Å². The lowest BCUT2D eigenvalue weighted by Gasteiger charge is -2.16. The molecule has 0 aliphatic carbocycles. The van der Waals surface area contributed by atoms with Gasteiger partial charge in [-0.3, -0.25) is 4.98 Å². The third-order valence-corrected chi connectivity index (χ3v) is 4.13. The summed E-state index contributed by atoms with van der Waals surface area (Å²) in [7, 11) is 0. The monoisotopic (exact) mass is 403 g/mol. The zero-order chi connectivity index (χ0) is 21.0. The summed E-state index contributed by atoms with van der Waals surface area (Å²) in [6.45, 7) is 3.32. The fourth-order valence-electron chi connectivity index (χ4n) is 2.56. The molecule has 3 aromatic rings. The molecule has 29 heavy (non-hydrogen) atoms. The average Bonchev–Trinajstić information content (AvgIpc) is 2.69. The van der Waals surface area contributed by atoms with Crippen LogP contribution >= 0.6 is 0 Å². The molecule has 3 rings (SSSR count). The molecular weight excluding hydrogens is 383 g/mol. The van der Waals surface area contributed by atoms with E-state index in [1.54, 1.807) is 44.3 Å². The Labute approximate surface area is 165 Å². The van der Waals surface area contributed by atoms with Gasteiger partial charge in [-0.15, -0.1) is 0 Å². The van der Waals surface area contributed by atoms with Crippen molar-refractivity contribution in [3.8, 4) is 11.4 Å². The highest BCUT2D eigenvalue weighted by Crippen LogP contribution is 2.33. The summed E-state index contributed by atoms with van der Waals surface area (Å²) in [5.74, 6) is 0.526. The lowest BCUT2D eigenvalue weighted by atomic mass is 10.1. The number of hydrogen-bond donors (Lipinski definition) is 3. The Balaban J connectivity index is 2.01. The Morgan fingerprint density at radius 2 is 1.86 bits per heavy atom. The van der Waals surface area contributed by atoms with E-state index in [2.05, 4.69) is 25.6 Å². The molecule has 3 N–H and O–H groups in total. The number of nitrogens with one attached hydrogen (secondary N) is 2. The van der Waals surface area contributed by atoms with Crippen molar-refractivity contribution >= 4 is 17.5 Å². The predicted octanol–water partition coefficient (Wildman–Crippen LogP) is 4.40. The van der Waals surface area contributed by atoms with Gasteiger partial charge in [0.05, 0.1) is 23.6 Å². The van der Waals surface area contributed by atoms with E-state index in [0.29, 0.717) is 22.8 Å². The molecule has 6 nitrogen and oxygen atoms in total. The second kappa shape index (κ2) is 8.44. The number of aromatic nitrogens is 3. The maximum atomic E-state index is 13.1. The minimum Gasteiger partial charge on any atom is -0.394 e. The Morgan fingerprint density at radius 3 is 2.52 bits per heavy atom. The fraction of sp³-hybridized carbons (Fsp3) is 0.250. The first kappa shape index (κ1) is 20.5. The molecule has 2 aromatic heterocycles. The molecule has 0 aliphatic rings. The Kier molecular flexibility index (Phi) is 5.97. The maximum absolute atomic E-state index is 13.1. The summed E-state index contributed by atoms with van der Waals surface area (Å²) in [5, 5.41) is 15.2. The SMILES string of the molecule is Cc1ccc(C(F)(F)F)cc1Nc1cc(-c2ccccn2)nc(N[C@@H](C)CO)n1. The van der Waals surface area contributed by atoms with E-state index in [1.807, 2.05) is 0 Å². The number of aliphatic hydroxyl groups is 1. The Hall–Kier alpha value is -3.20. The molecule has 1 aromatic carbocycles. The van der Waals surface area contributed by atoms with Gasteiger partial charge >= 0.3 is 6.18 Å². The lowest BCUT2D eigenvalue weighted by molar-refractivity contribution is -0.137. The van der Waals surface area contributed by atoms with Gasteiger partial charge in [0.2, 0.25) is 5.95 Å². The zero-order valence-corrected chi connectivity index (χ0v) is 15.8. The van der Waals surface area contributed by atoms with Crippen molar-refractivity contribution in [2.45, 2.75) is 26.1 Å². The van der Waals surface area contributed by atoms with Gasteiger partial charge in [-0.25, -0.2) is 4.98 Å². The molecule has 2 heterocycles. The number of hydrogen-bond acceptors (Lipinski definition) is 6. The highest BCUT2D eigenvalue weighted by atomic mass is 19.4. The highest BCUT2D eigenvalue weighted by molar-refractivity contribution is 5.67. The van der Waals surface area contributed by atoms with Crippen molar-refractivity contribution in [3.05, 3.63) is 59.8 Å². The van der Waals surface area contributed by atoms with E-state index >= 15 is 0 Å². The second-order valence-electron chi connectivity index (χ2n) is 6.56. The minimum absolute atomic E-state index is 0.132. The third-order valence-electron chi connectivity index (χ3n) is 4.13. The van der Waals surface area contributed by atoms with Crippen molar-refractivity contribution in [1.82, 2.24) is 15.0 Å². The fourth-order valence-corrected chi connectivity index (χ4v) is 2.56. The molecule has 1 atom stereocenters. The first-order chi connectivity index (χ1) is 13.8. The zero-order valence-electron chi connectivity index (χ0n) is 15.8. The number of aryl methyl sites for hydroxylation is 1. The molecule has 0 saturated heterocycles. The number of anilines is 3. The molecule has 0 amide bonds. The molecule has 0 aliphatic heterocycles. The van der Waals surface area contributed by atoms with Crippen LogP contribution in [0.2, 0.25) is 0 Å². The summed E-state index contributed by atoms with van der Waals surface area (Å²) in [4.78, 5) is 13.0. The second-order valence-corrected chi connectivity index (χ2v) is 6.56. The van der Waals surface area contributed by atoms with Crippen molar-refractivity contribution < 1.29 is 18.3 Å². The number of nitrogens with zero attached hydrogens (tertiary/aromatic N) is 3. The van der Waals surface area contributed by atoms with Gasteiger partial charge in [-0.2, -0.15) is 18.2 Å². The van der Waals surface area contributed by atoms with Gasteiger partial charge in [-0.05, 0) is 43.7 Å². The highest BCUT2D eigenvalue weighted by Gasteiger charge is 2.30. The minimum atomic E-state index is -4.45. The van der Waals surface area contributed by atoms with Crippen molar-refractivity contribution in [2.24, 2.45) is 0 Å². The van der Waals surface area contributed by atoms with E-state index in [-0.39, 0.29) is 24.3 Å². The normalized spacial score (nSPS) is 12.5. The quantitative estimate of drug-likeness (QED) is 0.566. The van der Waals surface area contributed by atoms with Crippen molar-refractivity contribution in [1.29, 1.82) is 0 Å². The van der Waals surface area contributed by atoms with Gasteiger partial charge in [0.25, 0.3) is 0 Å². The number of aliphatic hydroxyl groups excluding tert-OH is 1. The van der Waals surface area contributed by atoms with E-state index < -0.39 is 11.7 Å². The van der Waals surface area contributed by atoms with Crippen LogP contribution in [0.15, 0.2) is 48.7 Å². The first-order valence-corrected chi connectivity index (χ1v) is 8.89. The van der Waals surface area contributed by atoms with Gasteiger partial charge in [0, 0.05) is 24.0 Å². The molecule has 9 heteroatoms. The molecule has 0 spiro atoms. The van der Waals surface area contributed by atoms with Gasteiger partial charge in [0.1, 0.15) is 5.82 Å². The molecule has 0 saturated carbocycles. The van der Waals surface area contributed by atoms with E-state index in [4.69, 9.17) is 0 Å². The number of benzene rings is 1. The average molecular weight is 403 g/mol. The first-order valence-electron chi connectivity index (χ1n) is 8.89. The predicted molar refractivity (Wildman–Crippen MR) is 105 cm³/mol. The smallest absolute Gasteiger partial charge is 0.394 e. The number of pyridine rings is 1. The summed E-state index contributed by atoms with van der Waals surface area (Å²) in [6.07, 6.45) is -2.83. The Bertz CT molecular complexity index is 980. The topological polar surface area (TPSA) is 83.0 Å². The van der Waals surface area contributed by atoms with Crippen LogP contribution < -0.4 is 10.6 Å². The molecule has 0 bridgehead atoms. The van der Waals surface area contributed by atoms with Crippen molar-refractivity contribution in [3.63, 3.8) is 0 Å². The molecule has 0 unspecified atom stereocenters. The summed E-state index contributed by atoms with van der Waals surface area (Å²) < 4.78 is 39.2. The molecule has 0 fully saturated rings. The number of halogens is 3. The summed E-state index contributed by atoms with van der Waals surface area (Å²) >= 11 is 0. The van der Waals surface area contributed by atoms with Gasteiger partial charge in [0.15, 0.2) is 0 Å². The van der Waals surface area contributed by atoms with Crippen LogP contribution in [0.1, 0.15) is 18.1 Å². The van der Waals surface area contributed by atoms with Crippen molar-refractivity contribution in [2.75, 3.05) is 17.2 Å². The largest absolute Gasteiger partial charge is 0.416 e. The Morgan fingerprint density at radius 1 is 1.07 bits per heavy atom. The third kappa shape index (κ3) is 5.20. The van der Waals surface area contributed by atoms with Crippen LogP contribution in [0.5, 0.6) is 0 Å². The standard InChI is InChI=1S/C20H20F3N5O/c1-12-6-7-14(20(21,22)23)9-16(12)26-18-10-17(15-5-3-4-8-24-15)27-19(28-18)25-13(2)11-29/h3-10,13,29H,11H2,1-2H3,(H2,25,26,27,28)/t13-/m0/s1. The molecule has 0 radical (unpaired) electrons. The summed E-state index contributed by atoms with van der Waals surface area (Å²) in [5.41, 5.74) is 1.23. The van der Waals surface area contributed by atoms with Crippen LogP contribution in [0.4, 0.5) is 30.6 Å². The van der Waals surface area contributed by atoms with Gasteiger partial charge < -0.3 is 15.7 Å². The van der Waals surface area contributed by atoms with Gasteiger partial charge in [-0.1, -0.05) is 12.1 Å². The molecular formula is C20H20F3N5O. The maximum Gasteiger partial charge on any atom is 0.416 e. The van der Waals surface area contributed by atoms with Crippen LogP contribution in [0.25, 0.3) is 11.4 Å². The van der Waals surface area contributed by atoms with Crippen LogP contribution in [-0.2, 0) is 6.18 Å². The summed E-state index contributed by atoms with van der Waals surface area (Å²) in [6, 6.07) is 10.1. The van der Waals surface area contributed by atoms with Crippen LogP contribution in [0.3, 0.4) is 0 Å². The number of alkyl halides is 3. The number of rotatable bonds is 6. The van der Waals surface area contributed by atoms with E-state index in [1.165, 1.54) is 6.07 Å².